The Morgan fingerprint density at radius 2 is 1.85 bits per heavy atom. The molecule has 1 aliphatic rings. The van der Waals surface area contributed by atoms with Crippen LogP contribution >= 0.6 is 24.0 Å². The number of hydrogen-bond donors (Lipinski definition) is 0. The minimum atomic E-state index is -0.118. The maximum atomic E-state index is 12.9. The predicted molar refractivity (Wildman–Crippen MR) is 109 cm³/mol. The highest BCUT2D eigenvalue weighted by Crippen LogP contribution is 2.39. The van der Waals surface area contributed by atoms with Crippen LogP contribution in [0.1, 0.15) is 24.1 Å². The number of benzene rings is 2. The van der Waals surface area contributed by atoms with Gasteiger partial charge in [0.25, 0.3) is 5.91 Å². The molecule has 0 saturated carbocycles. The summed E-state index contributed by atoms with van der Waals surface area (Å²) in [6.45, 7) is 1.98. The molecular weight excluding hydrogens is 366 g/mol. The largest absolute Gasteiger partial charge is 0.497 e. The molecule has 4 nitrogen and oxygen atoms in total. The van der Waals surface area contributed by atoms with Gasteiger partial charge in [-0.1, -0.05) is 54.3 Å². The summed E-state index contributed by atoms with van der Waals surface area (Å²) in [7, 11) is 3.19. The second-order valence-electron chi connectivity index (χ2n) is 5.75. The van der Waals surface area contributed by atoms with Crippen molar-refractivity contribution in [2.45, 2.75) is 13.0 Å². The number of thiocarbonyl (C=S) groups is 1. The summed E-state index contributed by atoms with van der Waals surface area (Å²) in [4.78, 5) is 15.2. The third-order valence-corrected chi connectivity index (χ3v) is 5.55. The lowest BCUT2D eigenvalue weighted by Crippen LogP contribution is -2.30. The minimum Gasteiger partial charge on any atom is -0.497 e. The summed E-state index contributed by atoms with van der Waals surface area (Å²) in [5.74, 6) is 1.25. The molecule has 0 aromatic heterocycles. The predicted octanol–water partition coefficient (Wildman–Crippen LogP) is 4.67. The molecule has 1 aliphatic heterocycles. The van der Waals surface area contributed by atoms with Gasteiger partial charge >= 0.3 is 0 Å². The molecule has 3 rings (SSSR count). The molecule has 0 unspecified atom stereocenters. The Balaban J connectivity index is 1.90. The standard InChI is InChI=1S/C20H19NO3S2/c1-13(14-7-5-4-6-8-14)21-19(22)18(26-20(21)25)11-15-9-10-16(23-2)12-17(15)24-3/h4-13H,1-3H3/b18-11+/t13-/m1/s1. The fourth-order valence-corrected chi connectivity index (χ4v) is 4.18. The second-order valence-corrected chi connectivity index (χ2v) is 7.42. The number of nitrogens with zero attached hydrogens (tertiary/aromatic N) is 1. The summed E-state index contributed by atoms with van der Waals surface area (Å²) in [5, 5.41) is 0. The van der Waals surface area contributed by atoms with E-state index in [9.17, 15) is 4.79 Å². The Hall–Kier alpha value is -2.31. The van der Waals surface area contributed by atoms with Crippen molar-refractivity contribution in [1.29, 1.82) is 0 Å². The number of rotatable bonds is 5. The lowest BCUT2D eigenvalue weighted by atomic mass is 10.1. The zero-order valence-corrected chi connectivity index (χ0v) is 16.4. The molecule has 2 aromatic rings. The molecule has 1 fully saturated rings. The van der Waals surface area contributed by atoms with Crippen molar-refractivity contribution in [3.05, 3.63) is 64.6 Å². The summed E-state index contributed by atoms with van der Waals surface area (Å²) < 4.78 is 11.2. The first-order chi connectivity index (χ1) is 12.5. The quantitative estimate of drug-likeness (QED) is 0.553. The van der Waals surface area contributed by atoms with Gasteiger partial charge in [0.15, 0.2) is 0 Å². The first-order valence-corrected chi connectivity index (χ1v) is 9.31. The highest BCUT2D eigenvalue weighted by molar-refractivity contribution is 8.26. The molecule has 1 heterocycles. The van der Waals surface area contributed by atoms with E-state index in [2.05, 4.69) is 0 Å². The summed E-state index contributed by atoms with van der Waals surface area (Å²) >= 11 is 6.77. The minimum absolute atomic E-state index is 0.0887. The van der Waals surface area contributed by atoms with Crippen molar-refractivity contribution >= 4 is 40.3 Å². The van der Waals surface area contributed by atoms with E-state index in [4.69, 9.17) is 21.7 Å². The Labute approximate surface area is 162 Å². The van der Waals surface area contributed by atoms with Gasteiger partial charge in [0.1, 0.15) is 15.8 Å². The van der Waals surface area contributed by atoms with Crippen molar-refractivity contribution in [3.63, 3.8) is 0 Å². The average molecular weight is 386 g/mol. The molecular formula is C20H19NO3S2. The molecule has 0 radical (unpaired) electrons. The van der Waals surface area contributed by atoms with Gasteiger partial charge in [-0.05, 0) is 30.7 Å². The summed E-state index contributed by atoms with van der Waals surface area (Å²) in [6, 6.07) is 15.2. The van der Waals surface area contributed by atoms with E-state index in [0.29, 0.717) is 20.7 Å². The van der Waals surface area contributed by atoms with Crippen LogP contribution in [0.15, 0.2) is 53.4 Å². The molecule has 0 aliphatic carbocycles. The van der Waals surface area contributed by atoms with Gasteiger partial charge in [-0.25, -0.2) is 0 Å². The van der Waals surface area contributed by atoms with E-state index in [1.807, 2.05) is 55.5 Å². The van der Waals surface area contributed by atoms with E-state index in [1.54, 1.807) is 25.2 Å². The molecule has 26 heavy (non-hydrogen) atoms. The van der Waals surface area contributed by atoms with Crippen LogP contribution in [0.5, 0.6) is 11.5 Å². The molecule has 2 aromatic carbocycles. The Morgan fingerprint density at radius 3 is 2.50 bits per heavy atom. The van der Waals surface area contributed by atoms with Crippen molar-refractivity contribution in [2.75, 3.05) is 14.2 Å². The van der Waals surface area contributed by atoms with Crippen LogP contribution in [-0.2, 0) is 4.79 Å². The molecule has 6 heteroatoms. The van der Waals surface area contributed by atoms with Crippen LogP contribution in [0.4, 0.5) is 0 Å². The van der Waals surface area contributed by atoms with Crippen LogP contribution in [0.25, 0.3) is 6.08 Å². The molecule has 1 amide bonds. The summed E-state index contributed by atoms with van der Waals surface area (Å²) in [5.41, 5.74) is 1.85. The summed E-state index contributed by atoms with van der Waals surface area (Å²) in [6.07, 6.45) is 1.81. The smallest absolute Gasteiger partial charge is 0.266 e. The average Bonchev–Trinajstić information content (AvgIpc) is 2.95. The van der Waals surface area contributed by atoms with Gasteiger partial charge < -0.3 is 9.47 Å². The van der Waals surface area contributed by atoms with E-state index in [1.165, 1.54) is 11.8 Å². The van der Waals surface area contributed by atoms with Crippen LogP contribution < -0.4 is 9.47 Å². The maximum absolute atomic E-state index is 12.9. The lowest BCUT2D eigenvalue weighted by molar-refractivity contribution is -0.123. The molecule has 1 atom stereocenters. The van der Waals surface area contributed by atoms with Gasteiger partial charge in [-0.15, -0.1) is 0 Å². The van der Waals surface area contributed by atoms with Crippen LogP contribution in [0.2, 0.25) is 0 Å². The van der Waals surface area contributed by atoms with Gasteiger partial charge in [-0.2, -0.15) is 0 Å². The van der Waals surface area contributed by atoms with Gasteiger partial charge in [0, 0.05) is 11.6 Å². The monoisotopic (exact) mass is 385 g/mol. The SMILES string of the molecule is COc1ccc(/C=C2/SC(=S)N([C@H](C)c3ccccc3)C2=O)c(OC)c1. The number of thioether (sulfide) groups is 1. The third-order valence-electron chi connectivity index (χ3n) is 4.22. The van der Waals surface area contributed by atoms with E-state index < -0.39 is 0 Å². The number of hydrogen-bond acceptors (Lipinski definition) is 5. The van der Waals surface area contributed by atoms with Crippen molar-refractivity contribution < 1.29 is 14.3 Å². The lowest BCUT2D eigenvalue weighted by Gasteiger charge is -2.23. The maximum Gasteiger partial charge on any atom is 0.266 e. The van der Waals surface area contributed by atoms with E-state index in [0.717, 1.165) is 11.1 Å². The van der Waals surface area contributed by atoms with Crippen molar-refractivity contribution in [1.82, 2.24) is 4.90 Å². The van der Waals surface area contributed by atoms with Crippen LogP contribution in [0.3, 0.4) is 0 Å². The van der Waals surface area contributed by atoms with E-state index in [-0.39, 0.29) is 11.9 Å². The first-order valence-electron chi connectivity index (χ1n) is 8.09. The van der Waals surface area contributed by atoms with Crippen molar-refractivity contribution in [2.24, 2.45) is 0 Å². The third kappa shape index (κ3) is 3.61. The zero-order valence-electron chi connectivity index (χ0n) is 14.8. The highest BCUT2D eigenvalue weighted by Gasteiger charge is 2.36. The Kier molecular flexibility index (Phi) is 5.64. The zero-order chi connectivity index (χ0) is 18.7. The fraction of sp³-hybridized carbons (Fsp3) is 0.200. The Bertz CT molecular complexity index is 865. The number of methoxy groups -OCH3 is 2. The van der Waals surface area contributed by atoms with Gasteiger partial charge in [0.05, 0.1) is 25.2 Å². The van der Waals surface area contributed by atoms with Crippen molar-refractivity contribution in [3.8, 4) is 11.5 Å². The molecule has 1 saturated heterocycles. The molecule has 0 spiro atoms. The number of carbonyl (C=O) groups excluding carboxylic acids is 1. The topological polar surface area (TPSA) is 38.8 Å². The Morgan fingerprint density at radius 1 is 1.12 bits per heavy atom. The van der Waals surface area contributed by atoms with Crippen LogP contribution in [0, 0.1) is 0 Å². The number of carbonyl (C=O) groups is 1. The van der Waals surface area contributed by atoms with Crippen LogP contribution in [-0.4, -0.2) is 29.3 Å². The molecule has 0 N–H and O–H groups in total. The van der Waals surface area contributed by atoms with Gasteiger partial charge in [0.2, 0.25) is 0 Å². The number of ether oxygens (including phenoxy) is 2. The fourth-order valence-electron chi connectivity index (χ4n) is 2.77. The van der Waals surface area contributed by atoms with E-state index >= 15 is 0 Å². The normalized spacial score (nSPS) is 16.9. The first kappa shape index (κ1) is 18.5. The molecule has 134 valence electrons. The molecule has 0 bridgehead atoms. The second kappa shape index (κ2) is 7.93. The van der Waals surface area contributed by atoms with Gasteiger partial charge in [-0.3, -0.25) is 9.69 Å². The number of amides is 1. The highest BCUT2D eigenvalue weighted by atomic mass is 32.2.